The number of hydrogen-bond acceptors (Lipinski definition) is 3. The summed E-state index contributed by atoms with van der Waals surface area (Å²) in [5.41, 5.74) is -1.10. The van der Waals surface area contributed by atoms with E-state index < -0.39 is 11.7 Å². The van der Waals surface area contributed by atoms with Crippen molar-refractivity contribution in [1.29, 1.82) is 0 Å². The molecule has 0 fully saturated rings. The summed E-state index contributed by atoms with van der Waals surface area (Å²) in [4.78, 5) is 0. The summed E-state index contributed by atoms with van der Waals surface area (Å²) >= 11 is 0. The molecule has 0 N–H and O–H groups in total. The van der Waals surface area contributed by atoms with Crippen LogP contribution in [-0.2, 0) is 0 Å². The van der Waals surface area contributed by atoms with Crippen molar-refractivity contribution in [1.82, 2.24) is 0 Å². The van der Waals surface area contributed by atoms with E-state index in [0.29, 0.717) is 0 Å². The van der Waals surface area contributed by atoms with E-state index in [1.165, 1.54) is 33.5 Å². The third-order valence-corrected chi connectivity index (χ3v) is 2.36. The van der Waals surface area contributed by atoms with Gasteiger partial charge in [-0.25, -0.2) is 0 Å². The number of halogens is 3. The predicted molar refractivity (Wildman–Crippen MR) is 61.2 cm³/mol. The highest BCUT2D eigenvalue weighted by Crippen LogP contribution is 2.42. The van der Waals surface area contributed by atoms with Crippen molar-refractivity contribution in [2.45, 2.75) is 6.18 Å². The molecule has 100 valence electrons. The quantitative estimate of drug-likeness (QED) is 0.833. The number of allylic oxidation sites excluding steroid dienone is 1. The van der Waals surface area contributed by atoms with E-state index in [0.717, 1.165) is 0 Å². The van der Waals surface area contributed by atoms with Crippen LogP contribution in [0.2, 0.25) is 0 Å². The lowest BCUT2D eigenvalue weighted by Crippen LogP contribution is -2.10. The first-order valence-electron chi connectivity index (χ1n) is 4.91. The number of rotatable bonds is 4. The first kappa shape index (κ1) is 14.2. The molecule has 1 aromatic rings. The van der Waals surface area contributed by atoms with Crippen LogP contribution in [0.4, 0.5) is 13.2 Å². The minimum Gasteiger partial charge on any atom is -0.493 e. The number of hydrogen-bond donors (Lipinski definition) is 0. The molecule has 0 amide bonds. The largest absolute Gasteiger partial charge is 0.493 e. The van der Waals surface area contributed by atoms with Crippen LogP contribution >= 0.6 is 0 Å². The van der Waals surface area contributed by atoms with Gasteiger partial charge in [0.1, 0.15) is 0 Å². The van der Waals surface area contributed by atoms with E-state index in [1.54, 1.807) is 0 Å². The molecule has 1 aromatic carbocycles. The summed E-state index contributed by atoms with van der Waals surface area (Å²) in [6.07, 6.45) is -4.51. The van der Waals surface area contributed by atoms with Gasteiger partial charge in [0.05, 0.1) is 26.9 Å². The lowest BCUT2D eigenvalue weighted by atomic mass is 10.1. The molecule has 1 rings (SSSR count). The number of benzene rings is 1. The smallest absolute Gasteiger partial charge is 0.416 e. The number of methoxy groups -OCH3 is 3. The topological polar surface area (TPSA) is 27.7 Å². The predicted octanol–water partition coefficient (Wildman–Crippen LogP) is 3.29. The van der Waals surface area contributed by atoms with Gasteiger partial charge in [0, 0.05) is 0 Å². The normalized spacial score (nSPS) is 11.0. The Morgan fingerprint density at radius 1 is 1.00 bits per heavy atom. The van der Waals surface area contributed by atoms with Crippen molar-refractivity contribution in [2.24, 2.45) is 0 Å². The summed E-state index contributed by atoms with van der Waals surface area (Å²) < 4.78 is 52.7. The van der Waals surface area contributed by atoms with Crippen molar-refractivity contribution in [2.75, 3.05) is 21.3 Å². The summed E-state index contributed by atoms with van der Waals surface area (Å²) in [6, 6.07) is 2.41. The second kappa shape index (κ2) is 5.20. The molecule has 0 saturated heterocycles. The van der Waals surface area contributed by atoms with Gasteiger partial charge in [0.15, 0.2) is 11.5 Å². The van der Waals surface area contributed by atoms with Gasteiger partial charge in [-0.05, 0) is 17.7 Å². The van der Waals surface area contributed by atoms with Crippen LogP contribution in [0.15, 0.2) is 18.7 Å². The molecule has 0 aliphatic heterocycles. The summed E-state index contributed by atoms with van der Waals surface area (Å²) in [6.45, 7) is 3.03. The monoisotopic (exact) mass is 262 g/mol. The minimum absolute atomic E-state index is 0.128. The molecule has 0 aliphatic rings. The average Bonchev–Trinajstić information content (AvgIpc) is 2.34. The SMILES string of the molecule is C=C(c1cc(OC)c(OC)c(OC)c1)C(F)(F)F. The zero-order valence-corrected chi connectivity index (χ0v) is 10.2. The van der Waals surface area contributed by atoms with Crippen LogP contribution < -0.4 is 14.2 Å². The van der Waals surface area contributed by atoms with Crippen LogP contribution in [0.25, 0.3) is 5.57 Å². The number of alkyl halides is 3. The molecule has 0 unspecified atom stereocenters. The number of ether oxygens (including phenoxy) is 3. The maximum atomic E-state index is 12.6. The second-order valence-electron chi connectivity index (χ2n) is 3.39. The molecule has 0 aromatic heterocycles. The molecule has 6 heteroatoms. The van der Waals surface area contributed by atoms with Gasteiger partial charge < -0.3 is 14.2 Å². The maximum absolute atomic E-state index is 12.6. The Labute approximate surface area is 103 Å². The van der Waals surface area contributed by atoms with Crippen LogP contribution in [0.3, 0.4) is 0 Å². The first-order valence-corrected chi connectivity index (χ1v) is 4.91. The Hall–Kier alpha value is -1.85. The molecule has 0 spiro atoms. The van der Waals surface area contributed by atoms with Gasteiger partial charge in [-0.1, -0.05) is 6.58 Å². The third-order valence-electron chi connectivity index (χ3n) is 2.36. The van der Waals surface area contributed by atoms with Crippen LogP contribution in [0, 0.1) is 0 Å². The fourth-order valence-electron chi connectivity index (χ4n) is 1.42. The zero-order valence-electron chi connectivity index (χ0n) is 10.2. The lowest BCUT2D eigenvalue weighted by molar-refractivity contribution is -0.0686. The Morgan fingerprint density at radius 3 is 1.72 bits per heavy atom. The average molecular weight is 262 g/mol. The lowest BCUT2D eigenvalue weighted by Gasteiger charge is -2.16. The highest BCUT2D eigenvalue weighted by Gasteiger charge is 2.34. The molecule has 3 nitrogen and oxygen atoms in total. The van der Waals surface area contributed by atoms with Gasteiger partial charge in [0.2, 0.25) is 5.75 Å². The molecule has 0 atom stereocenters. The summed E-state index contributed by atoms with van der Waals surface area (Å²) in [5, 5.41) is 0. The molecular weight excluding hydrogens is 249 g/mol. The van der Waals surface area contributed by atoms with E-state index in [9.17, 15) is 13.2 Å². The molecule has 0 radical (unpaired) electrons. The van der Waals surface area contributed by atoms with Crippen molar-refractivity contribution in [3.8, 4) is 17.2 Å². The first-order chi connectivity index (χ1) is 8.35. The van der Waals surface area contributed by atoms with E-state index >= 15 is 0 Å². The van der Waals surface area contributed by atoms with Gasteiger partial charge in [-0.3, -0.25) is 0 Å². The van der Waals surface area contributed by atoms with Gasteiger partial charge in [-0.15, -0.1) is 0 Å². The highest BCUT2D eigenvalue weighted by atomic mass is 19.4. The Balaban J connectivity index is 3.36. The fourth-order valence-corrected chi connectivity index (χ4v) is 1.42. The van der Waals surface area contributed by atoms with Gasteiger partial charge in [-0.2, -0.15) is 13.2 Å². The van der Waals surface area contributed by atoms with Crippen LogP contribution in [0.1, 0.15) is 5.56 Å². The van der Waals surface area contributed by atoms with Crippen LogP contribution in [0.5, 0.6) is 17.2 Å². The van der Waals surface area contributed by atoms with Crippen molar-refractivity contribution >= 4 is 5.57 Å². The molecule has 0 heterocycles. The molecule has 0 bridgehead atoms. The Kier molecular flexibility index (Phi) is 4.11. The van der Waals surface area contributed by atoms with Gasteiger partial charge in [0.25, 0.3) is 0 Å². The molecule has 18 heavy (non-hydrogen) atoms. The van der Waals surface area contributed by atoms with E-state index in [4.69, 9.17) is 14.2 Å². The van der Waals surface area contributed by atoms with Crippen LogP contribution in [-0.4, -0.2) is 27.5 Å². The third kappa shape index (κ3) is 2.69. The minimum atomic E-state index is -4.51. The Morgan fingerprint density at radius 2 is 1.44 bits per heavy atom. The Bertz CT molecular complexity index is 427. The highest BCUT2D eigenvalue weighted by molar-refractivity contribution is 5.72. The van der Waals surface area contributed by atoms with Crippen molar-refractivity contribution in [3.63, 3.8) is 0 Å². The standard InChI is InChI=1S/C12H13F3O3/c1-7(12(13,14)15)8-5-9(16-2)11(18-4)10(6-8)17-3/h5-6H,1H2,2-4H3. The van der Waals surface area contributed by atoms with E-state index in [1.807, 2.05) is 0 Å². The molecule has 0 saturated carbocycles. The van der Waals surface area contributed by atoms with Gasteiger partial charge >= 0.3 is 6.18 Å². The fraction of sp³-hybridized carbons (Fsp3) is 0.333. The van der Waals surface area contributed by atoms with Crippen molar-refractivity contribution in [3.05, 3.63) is 24.3 Å². The van der Waals surface area contributed by atoms with E-state index in [2.05, 4.69) is 6.58 Å². The summed E-state index contributed by atoms with van der Waals surface area (Å²) in [7, 11) is 4.04. The zero-order chi connectivity index (χ0) is 13.9. The van der Waals surface area contributed by atoms with E-state index in [-0.39, 0.29) is 22.8 Å². The molecule has 0 aliphatic carbocycles. The maximum Gasteiger partial charge on any atom is 0.416 e. The molecular formula is C12H13F3O3. The van der Waals surface area contributed by atoms with Crippen molar-refractivity contribution < 1.29 is 27.4 Å². The second-order valence-corrected chi connectivity index (χ2v) is 3.39. The summed E-state index contributed by atoms with van der Waals surface area (Å²) in [5.74, 6) is 0.535.